The molecule has 6 heteroatoms. The van der Waals surface area contributed by atoms with Crippen LogP contribution in [0.2, 0.25) is 0 Å². The smallest absolute Gasteiger partial charge is 0.222 e. The lowest BCUT2D eigenvalue weighted by molar-refractivity contribution is -0.123. The van der Waals surface area contributed by atoms with Gasteiger partial charge in [-0.15, -0.1) is 24.0 Å². The van der Waals surface area contributed by atoms with E-state index in [9.17, 15) is 4.79 Å². The highest BCUT2D eigenvalue weighted by Gasteiger charge is 2.11. The fourth-order valence-electron chi connectivity index (χ4n) is 1.69. The number of hydrogen-bond donors (Lipinski definition) is 3. The second-order valence-electron chi connectivity index (χ2n) is 4.73. The van der Waals surface area contributed by atoms with Gasteiger partial charge in [0.2, 0.25) is 5.91 Å². The highest BCUT2D eigenvalue weighted by molar-refractivity contribution is 14.0. The van der Waals surface area contributed by atoms with E-state index in [1.165, 1.54) is 0 Å². The highest BCUT2D eigenvalue weighted by Crippen LogP contribution is 2.08. The lowest BCUT2D eigenvalue weighted by atomic mass is 10.2. The van der Waals surface area contributed by atoms with Crippen LogP contribution in [-0.4, -0.2) is 38.0 Å². The largest absolute Gasteiger partial charge is 0.355 e. The minimum absolute atomic E-state index is 0. The Balaban J connectivity index is 0.00000324. The predicted octanol–water partition coefficient (Wildman–Crippen LogP) is 1.26. The summed E-state index contributed by atoms with van der Waals surface area (Å²) in [5.41, 5.74) is 0. The number of aliphatic imine (C=N–C) groups is 1. The van der Waals surface area contributed by atoms with Crippen LogP contribution in [0.15, 0.2) is 17.1 Å². The van der Waals surface area contributed by atoms with Gasteiger partial charge in [-0.2, -0.15) is 0 Å². The fourth-order valence-corrected chi connectivity index (χ4v) is 1.69. The van der Waals surface area contributed by atoms with Gasteiger partial charge in [-0.25, -0.2) is 0 Å². The van der Waals surface area contributed by atoms with Crippen LogP contribution < -0.4 is 16.0 Å². The third kappa shape index (κ3) is 7.39. The molecule has 0 unspecified atom stereocenters. The molecule has 0 bridgehead atoms. The van der Waals surface area contributed by atoms with Gasteiger partial charge in [-0.3, -0.25) is 9.79 Å². The van der Waals surface area contributed by atoms with Crippen molar-refractivity contribution in [2.75, 3.05) is 20.1 Å². The van der Waals surface area contributed by atoms with Gasteiger partial charge < -0.3 is 16.0 Å². The molecule has 0 fully saturated rings. The molecule has 0 aliphatic heterocycles. The maximum Gasteiger partial charge on any atom is 0.222 e. The zero-order valence-electron chi connectivity index (χ0n) is 11.9. The van der Waals surface area contributed by atoms with E-state index >= 15 is 0 Å². The molecule has 1 aliphatic carbocycles. The molecule has 110 valence electrons. The molecule has 0 saturated carbocycles. The molecule has 0 aromatic carbocycles. The first-order chi connectivity index (χ1) is 8.63. The summed E-state index contributed by atoms with van der Waals surface area (Å²) in [7, 11) is 1.75. The standard InChI is InChI=1S/C13H24N4O.HI/c1-10(2)12(18)15-8-9-16-13(14-3)17-11-6-4-5-7-11;/h4-5,10-11H,6-9H2,1-3H3,(H,15,18)(H2,14,16,17);1H. The van der Waals surface area contributed by atoms with Crippen molar-refractivity contribution in [1.29, 1.82) is 0 Å². The molecule has 0 aromatic heterocycles. The Morgan fingerprint density at radius 2 is 1.84 bits per heavy atom. The molecule has 0 radical (unpaired) electrons. The van der Waals surface area contributed by atoms with Gasteiger partial charge in [0, 0.05) is 32.1 Å². The summed E-state index contributed by atoms with van der Waals surface area (Å²) in [6, 6.07) is 0.446. The Kier molecular flexibility index (Phi) is 9.63. The van der Waals surface area contributed by atoms with Gasteiger partial charge >= 0.3 is 0 Å². The van der Waals surface area contributed by atoms with Crippen molar-refractivity contribution < 1.29 is 4.79 Å². The summed E-state index contributed by atoms with van der Waals surface area (Å²) < 4.78 is 0. The molecule has 5 nitrogen and oxygen atoms in total. The summed E-state index contributed by atoms with van der Waals surface area (Å²) in [6.07, 6.45) is 6.44. The minimum Gasteiger partial charge on any atom is -0.355 e. The number of nitrogens with zero attached hydrogens (tertiary/aromatic N) is 1. The fraction of sp³-hybridized carbons (Fsp3) is 0.692. The molecule has 1 aliphatic rings. The van der Waals surface area contributed by atoms with E-state index in [4.69, 9.17) is 0 Å². The number of amides is 1. The van der Waals surface area contributed by atoms with Crippen molar-refractivity contribution in [3.8, 4) is 0 Å². The number of guanidine groups is 1. The maximum absolute atomic E-state index is 11.3. The SMILES string of the molecule is CN=C(NCCNC(=O)C(C)C)NC1CC=CC1.I. The first kappa shape index (κ1) is 18.2. The topological polar surface area (TPSA) is 65.5 Å². The quantitative estimate of drug-likeness (QED) is 0.221. The molecule has 0 aromatic rings. The Morgan fingerprint density at radius 3 is 2.37 bits per heavy atom. The number of carbonyl (C=O) groups excluding carboxylic acids is 1. The Labute approximate surface area is 132 Å². The van der Waals surface area contributed by atoms with Gasteiger partial charge in [-0.1, -0.05) is 26.0 Å². The van der Waals surface area contributed by atoms with Crippen LogP contribution >= 0.6 is 24.0 Å². The normalized spacial score (nSPS) is 15.3. The van der Waals surface area contributed by atoms with Crippen LogP contribution in [-0.2, 0) is 4.79 Å². The van der Waals surface area contributed by atoms with Crippen molar-refractivity contribution >= 4 is 35.8 Å². The van der Waals surface area contributed by atoms with Crippen molar-refractivity contribution in [2.45, 2.75) is 32.7 Å². The van der Waals surface area contributed by atoms with Gasteiger partial charge in [0.15, 0.2) is 5.96 Å². The van der Waals surface area contributed by atoms with Gasteiger partial charge in [0.1, 0.15) is 0 Å². The molecule has 19 heavy (non-hydrogen) atoms. The van der Waals surface area contributed by atoms with Gasteiger partial charge in [0.05, 0.1) is 0 Å². The third-order valence-electron chi connectivity index (χ3n) is 2.81. The summed E-state index contributed by atoms with van der Waals surface area (Å²) in [4.78, 5) is 15.5. The zero-order chi connectivity index (χ0) is 13.4. The molecule has 0 saturated heterocycles. The molecule has 0 heterocycles. The summed E-state index contributed by atoms with van der Waals surface area (Å²) in [5.74, 6) is 0.911. The number of hydrogen-bond acceptors (Lipinski definition) is 2. The monoisotopic (exact) mass is 380 g/mol. The minimum atomic E-state index is 0. The van der Waals surface area contributed by atoms with Crippen LogP contribution in [0.5, 0.6) is 0 Å². The number of carbonyl (C=O) groups is 1. The highest BCUT2D eigenvalue weighted by atomic mass is 127. The molecule has 0 atom stereocenters. The molecule has 1 rings (SSSR count). The maximum atomic E-state index is 11.3. The number of nitrogens with one attached hydrogen (secondary N) is 3. The van der Waals surface area contributed by atoms with E-state index < -0.39 is 0 Å². The first-order valence-corrected chi connectivity index (χ1v) is 6.53. The van der Waals surface area contributed by atoms with Crippen LogP contribution in [0.25, 0.3) is 0 Å². The van der Waals surface area contributed by atoms with Crippen molar-refractivity contribution in [2.24, 2.45) is 10.9 Å². The second kappa shape index (κ2) is 10.1. The van der Waals surface area contributed by atoms with Crippen LogP contribution in [0.1, 0.15) is 26.7 Å². The molecule has 0 spiro atoms. The molecule has 3 N–H and O–H groups in total. The first-order valence-electron chi connectivity index (χ1n) is 6.53. The van der Waals surface area contributed by atoms with Gasteiger partial charge in [0.25, 0.3) is 0 Å². The third-order valence-corrected chi connectivity index (χ3v) is 2.81. The Hall–Kier alpha value is -0.790. The van der Waals surface area contributed by atoms with E-state index in [-0.39, 0.29) is 35.8 Å². The lowest BCUT2D eigenvalue weighted by Gasteiger charge is -2.17. The van der Waals surface area contributed by atoms with Crippen LogP contribution in [0.3, 0.4) is 0 Å². The van der Waals surface area contributed by atoms with E-state index in [0.717, 1.165) is 18.8 Å². The van der Waals surface area contributed by atoms with E-state index in [1.54, 1.807) is 7.05 Å². The summed E-state index contributed by atoms with van der Waals surface area (Å²) in [5, 5.41) is 9.39. The average molecular weight is 380 g/mol. The summed E-state index contributed by atoms with van der Waals surface area (Å²) >= 11 is 0. The Morgan fingerprint density at radius 1 is 1.26 bits per heavy atom. The second-order valence-corrected chi connectivity index (χ2v) is 4.73. The Bertz CT molecular complexity index is 321. The molecule has 1 amide bonds. The lowest BCUT2D eigenvalue weighted by Crippen LogP contribution is -2.45. The number of halogens is 1. The number of rotatable bonds is 5. The van der Waals surface area contributed by atoms with E-state index in [2.05, 4.69) is 33.1 Å². The molecular weight excluding hydrogens is 355 g/mol. The van der Waals surface area contributed by atoms with Gasteiger partial charge in [-0.05, 0) is 12.8 Å². The van der Waals surface area contributed by atoms with E-state index in [1.807, 2.05) is 13.8 Å². The molecular formula is C13H25IN4O. The van der Waals surface area contributed by atoms with E-state index in [0.29, 0.717) is 19.1 Å². The zero-order valence-corrected chi connectivity index (χ0v) is 14.2. The average Bonchev–Trinajstić information content (AvgIpc) is 2.85. The summed E-state index contributed by atoms with van der Waals surface area (Å²) in [6.45, 7) is 5.06. The van der Waals surface area contributed by atoms with Crippen molar-refractivity contribution in [1.82, 2.24) is 16.0 Å². The van der Waals surface area contributed by atoms with Crippen molar-refractivity contribution in [3.05, 3.63) is 12.2 Å². The van der Waals surface area contributed by atoms with Crippen LogP contribution in [0, 0.1) is 5.92 Å². The predicted molar refractivity (Wildman–Crippen MR) is 89.9 cm³/mol. The van der Waals surface area contributed by atoms with Crippen LogP contribution in [0.4, 0.5) is 0 Å². The van der Waals surface area contributed by atoms with Crippen molar-refractivity contribution in [3.63, 3.8) is 0 Å².